The van der Waals surface area contributed by atoms with Crippen molar-refractivity contribution in [3.63, 3.8) is 0 Å². The quantitative estimate of drug-likeness (QED) is 0.277. The van der Waals surface area contributed by atoms with Gasteiger partial charge in [-0.05, 0) is 202 Å². The van der Waals surface area contributed by atoms with E-state index in [1.807, 2.05) is 0 Å². The molecule has 21 atom stereocenters. The molecule has 21 unspecified atom stereocenters. The number of likely N-dealkylation sites (tertiary alicyclic amines) is 1. The molecule has 0 amide bonds. The van der Waals surface area contributed by atoms with Crippen molar-refractivity contribution in [3.8, 4) is 0 Å². The lowest BCUT2D eigenvalue weighted by Gasteiger charge is -2.61. The van der Waals surface area contributed by atoms with E-state index in [9.17, 15) is 0 Å². The van der Waals surface area contributed by atoms with E-state index in [1.54, 1.807) is 205 Å². The fraction of sp³-hybridized carbons (Fsp3) is 1.00. The molecule has 1 heteroatoms. The Kier molecular flexibility index (Phi) is 9.68. The number of piperidine rings is 1. The van der Waals surface area contributed by atoms with Crippen molar-refractivity contribution in [2.45, 2.75) is 224 Å². The Morgan fingerprint density at radius 1 is 0.196 bits per heavy atom. The molecule has 1 saturated heterocycles. The summed E-state index contributed by atoms with van der Waals surface area (Å²) in [5.41, 5.74) is 0. The lowest BCUT2D eigenvalue weighted by atomic mass is 9.44. The molecule has 13 fully saturated rings. The number of rotatable bonds is 3. The maximum Gasteiger partial charge on any atom is 0.0133 e. The molecule has 12 aliphatic carbocycles. The summed E-state index contributed by atoms with van der Waals surface area (Å²) >= 11 is 0. The lowest BCUT2D eigenvalue weighted by Crippen LogP contribution is -2.63. The minimum absolute atomic E-state index is 0.973. The molecule has 0 radical (unpaired) electrons. The second kappa shape index (κ2) is 14.8. The monoisotopic (exact) mass is 762 g/mol. The Bertz CT molecular complexity index is 1300. The number of nitrogens with zero attached hydrogens (tertiary/aromatic N) is 1. The number of fused-ring (bicyclic) bond motifs is 9. The van der Waals surface area contributed by atoms with Crippen molar-refractivity contribution in [2.75, 3.05) is 0 Å². The van der Waals surface area contributed by atoms with Gasteiger partial charge in [-0.15, -0.1) is 0 Å². The molecule has 0 aromatic rings. The van der Waals surface area contributed by atoms with Crippen LogP contribution in [0.4, 0.5) is 0 Å². The Labute approximate surface area is 345 Å². The third kappa shape index (κ3) is 5.56. The van der Waals surface area contributed by atoms with Crippen LogP contribution in [0, 0.1) is 118 Å². The number of hydrogen-bond acceptors (Lipinski definition) is 1. The van der Waals surface area contributed by atoms with Crippen molar-refractivity contribution < 1.29 is 0 Å². The molecule has 1 nitrogen and oxygen atoms in total. The van der Waals surface area contributed by atoms with Crippen LogP contribution in [0.1, 0.15) is 205 Å². The Morgan fingerprint density at radius 2 is 0.625 bits per heavy atom. The van der Waals surface area contributed by atoms with Crippen LogP contribution in [-0.4, -0.2) is 23.0 Å². The van der Waals surface area contributed by atoms with Crippen LogP contribution in [-0.2, 0) is 0 Å². The molecule has 312 valence electrons. The summed E-state index contributed by atoms with van der Waals surface area (Å²) in [6.07, 6.45) is 51.7. The molecule has 13 aliphatic rings. The summed E-state index contributed by atoms with van der Waals surface area (Å²) in [6, 6.07) is 2.92. The van der Waals surface area contributed by atoms with Crippen molar-refractivity contribution in [2.24, 2.45) is 118 Å². The topological polar surface area (TPSA) is 3.24 Å². The first-order valence-electron chi connectivity index (χ1n) is 27.6. The van der Waals surface area contributed by atoms with Crippen LogP contribution < -0.4 is 0 Å². The van der Waals surface area contributed by atoms with Crippen LogP contribution in [0.2, 0.25) is 0 Å². The fourth-order valence-corrected chi connectivity index (χ4v) is 23.2. The van der Waals surface area contributed by atoms with Gasteiger partial charge in [-0.1, -0.05) is 122 Å². The van der Waals surface area contributed by atoms with Crippen molar-refractivity contribution in [1.82, 2.24) is 4.90 Å². The van der Waals surface area contributed by atoms with E-state index >= 15 is 0 Å². The van der Waals surface area contributed by atoms with Crippen molar-refractivity contribution in [3.05, 3.63) is 0 Å². The minimum Gasteiger partial charge on any atom is -0.294 e. The standard InChI is InChI=1S/C55H87N/c1-3-14-34(15-4-1)51-45-31-43-38-22-11-20-33-21-12-23-39(50(33)38)44(43)32-46(45)52(35-16-5-2-6-17-35)55-42-28-29-49(40-24-13-25-41(53(40)42)54(51)55)56-47-26-9-7-18-36(47)30-37-19-8-10-27-48(37)56/h33-55H,1-32H2. The Morgan fingerprint density at radius 3 is 1.21 bits per heavy atom. The first-order chi connectivity index (χ1) is 27.8. The molecule has 1 aliphatic heterocycles. The van der Waals surface area contributed by atoms with Gasteiger partial charge in [-0.2, -0.15) is 0 Å². The van der Waals surface area contributed by atoms with Gasteiger partial charge in [0, 0.05) is 18.1 Å². The lowest BCUT2D eigenvalue weighted by molar-refractivity contribution is -0.129. The highest BCUT2D eigenvalue weighted by Gasteiger charge is 2.69. The van der Waals surface area contributed by atoms with Crippen LogP contribution in [0.15, 0.2) is 0 Å². The summed E-state index contributed by atoms with van der Waals surface area (Å²) < 4.78 is 0. The van der Waals surface area contributed by atoms with E-state index in [1.165, 1.54) is 5.92 Å². The molecule has 13 rings (SSSR count). The van der Waals surface area contributed by atoms with E-state index in [2.05, 4.69) is 4.90 Å². The fourth-order valence-electron chi connectivity index (χ4n) is 23.2. The van der Waals surface area contributed by atoms with Crippen LogP contribution >= 0.6 is 0 Å². The van der Waals surface area contributed by atoms with Crippen molar-refractivity contribution in [1.29, 1.82) is 0 Å². The summed E-state index contributed by atoms with van der Waals surface area (Å²) in [4.78, 5) is 3.50. The van der Waals surface area contributed by atoms with E-state index in [-0.39, 0.29) is 0 Å². The third-order valence-corrected chi connectivity index (χ3v) is 24.1. The van der Waals surface area contributed by atoms with Crippen LogP contribution in [0.5, 0.6) is 0 Å². The minimum atomic E-state index is 0.973. The molecule has 56 heavy (non-hydrogen) atoms. The smallest absolute Gasteiger partial charge is 0.0133 e. The third-order valence-electron chi connectivity index (χ3n) is 24.1. The second-order valence-corrected chi connectivity index (χ2v) is 25.3. The zero-order chi connectivity index (χ0) is 36.5. The predicted octanol–water partition coefficient (Wildman–Crippen LogP) is 14.4. The summed E-state index contributed by atoms with van der Waals surface area (Å²) in [5.74, 6) is 22.6. The van der Waals surface area contributed by atoms with E-state index in [0.29, 0.717) is 0 Å². The van der Waals surface area contributed by atoms with Gasteiger partial charge in [0.15, 0.2) is 0 Å². The van der Waals surface area contributed by atoms with E-state index in [0.717, 1.165) is 131 Å². The second-order valence-electron chi connectivity index (χ2n) is 25.3. The van der Waals surface area contributed by atoms with Crippen molar-refractivity contribution >= 4 is 0 Å². The Hall–Kier alpha value is -0.0400. The first kappa shape index (κ1) is 36.6. The highest BCUT2D eigenvalue weighted by Crippen LogP contribution is 2.75. The average molecular weight is 762 g/mol. The van der Waals surface area contributed by atoms with E-state index < -0.39 is 0 Å². The summed E-state index contributed by atoms with van der Waals surface area (Å²) in [7, 11) is 0. The zero-order valence-electron chi connectivity index (χ0n) is 36.4. The largest absolute Gasteiger partial charge is 0.294 e. The van der Waals surface area contributed by atoms with Crippen LogP contribution in [0.3, 0.4) is 0 Å². The van der Waals surface area contributed by atoms with Gasteiger partial charge in [0.05, 0.1) is 0 Å². The summed E-state index contributed by atoms with van der Waals surface area (Å²) in [6.45, 7) is 0. The van der Waals surface area contributed by atoms with Gasteiger partial charge in [0.1, 0.15) is 0 Å². The molecule has 0 N–H and O–H groups in total. The van der Waals surface area contributed by atoms with Crippen LogP contribution in [0.25, 0.3) is 0 Å². The number of hydrogen-bond donors (Lipinski definition) is 0. The maximum atomic E-state index is 3.50. The summed E-state index contributed by atoms with van der Waals surface area (Å²) in [5, 5.41) is 0. The SMILES string of the molecule is C1CCC(C2C3CC4C(CC3C(C3CCCCC3)C3C5CCC(N6C7CCCCC7CC7CCCCC76)C6CCCC(C56)C23)C2CCCC3CCCC4C32)CC1. The first-order valence-corrected chi connectivity index (χ1v) is 27.6. The average Bonchev–Trinajstić information content (AvgIpc) is 3.76. The molecule has 0 aromatic heterocycles. The van der Waals surface area contributed by atoms with Gasteiger partial charge in [0.25, 0.3) is 0 Å². The molecular weight excluding hydrogens is 675 g/mol. The van der Waals surface area contributed by atoms with Gasteiger partial charge in [-0.3, -0.25) is 4.90 Å². The molecule has 1 heterocycles. The highest BCUT2D eigenvalue weighted by atomic mass is 15.2. The van der Waals surface area contributed by atoms with E-state index in [4.69, 9.17) is 0 Å². The molecule has 0 bridgehead atoms. The predicted molar refractivity (Wildman–Crippen MR) is 231 cm³/mol. The Balaban J connectivity index is 0.898. The normalized spacial score (nSPS) is 57.1. The van der Waals surface area contributed by atoms with Gasteiger partial charge < -0.3 is 0 Å². The zero-order valence-corrected chi connectivity index (χ0v) is 36.4. The maximum absolute atomic E-state index is 3.50. The molecule has 0 aromatic carbocycles. The molecular formula is C55H87N. The molecule has 12 saturated carbocycles. The van der Waals surface area contributed by atoms with Gasteiger partial charge >= 0.3 is 0 Å². The molecule has 0 spiro atoms. The van der Waals surface area contributed by atoms with Gasteiger partial charge in [0.2, 0.25) is 0 Å². The highest BCUT2D eigenvalue weighted by molar-refractivity contribution is 5.18. The van der Waals surface area contributed by atoms with Gasteiger partial charge in [-0.25, -0.2) is 0 Å².